The number of hydrogen-bond acceptors (Lipinski definition) is 2. The predicted octanol–water partition coefficient (Wildman–Crippen LogP) is 1.17. The van der Waals surface area contributed by atoms with Crippen LogP contribution in [-0.4, -0.2) is 29.1 Å². The Kier molecular flexibility index (Phi) is 2.82. The number of carbonyl (C=O) groups excluding carboxylic acids is 1. The molecule has 0 aromatic heterocycles. The molecule has 1 unspecified atom stereocenters. The highest BCUT2D eigenvalue weighted by Gasteiger charge is 2.28. The molecule has 0 bridgehead atoms. The van der Waals surface area contributed by atoms with Crippen LogP contribution in [0.25, 0.3) is 0 Å². The summed E-state index contributed by atoms with van der Waals surface area (Å²) < 4.78 is 0. The summed E-state index contributed by atoms with van der Waals surface area (Å²) in [4.78, 5) is 13.2. The lowest BCUT2D eigenvalue weighted by molar-refractivity contribution is -0.127. The Hall–Kier alpha value is -0.180. The van der Waals surface area contributed by atoms with Crippen LogP contribution in [0.4, 0.5) is 0 Å². The number of amides is 1. The van der Waals surface area contributed by atoms with E-state index in [1.54, 1.807) is 0 Å². The Bertz CT molecular complexity index is 158. The first-order valence-corrected chi connectivity index (χ1v) is 4.59. The second-order valence-electron chi connectivity index (χ2n) is 3.48. The lowest BCUT2D eigenvalue weighted by Crippen LogP contribution is -2.31. The molecule has 1 amide bonds. The number of thiol groups is 1. The summed E-state index contributed by atoms with van der Waals surface area (Å²) in [7, 11) is 0. The molecule has 1 atom stereocenters. The molecule has 11 heavy (non-hydrogen) atoms. The molecular weight excluding hydrogens is 158 g/mol. The average Bonchev–Trinajstić information content (AvgIpc) is 2.18. The average molecular weight is 173 g/mol. The van der Waals surface area contributed by atoms with Gasteiger partial charge in [-0.2, -0.15) is 12.6 Å². The Morgan fingerprint density at radius 1 is 1.73 bits per heavy atom. The maximum absolute atomic E-state index is 11.3. The molecule has 1 heterocycles. The number of rotatable bonds is 2. The molecule has 0 aliphatic carbocycles. The summed E-state index contributed by atoms with van der Waals surface area (Å²) in [6.07, 6.45) is 0.911. The van der Waals surface area contributed by atoms with E-state index in [0.29, 0.717) is 5.92 Å². The van der Waals surface area contributed by atoms with Crippen molar-refractivity contribution in [3.63, 3.8) is 0 Å². The molecule has 64 valence electrons. The molecule has 0 N–H and O–H groups in total. The van der Waals surface area contributed by atoms with Gasteiger partial charge in [0.1, 0.15) is 0 Å². The second kappa shape index (κ2) is 3.48. The molecule has 1 fully saturated rings. The van der Waals surface area contributed by atoms with Crippen molar-refractivity contribution in [2.75, 3.05) is 13.1 Å². The largest absolute Gasteiger partial charge is 0.341 e. The van der Waals surface area contributed by atoms with E-state index in [4.69, 9.17) is 0 Å². The quantitative estimate of drug-likeness (QED) is 0.622. The maximum atomic E-state index is 11.3. The molecule has 0 radical (unpaired) electrons. The minimum Gasteiger partial charge on any atom is -0.341 e. The third kappa shape index (κ3) is 2.12. The summed E-state index contributed by atoms with van der Waals surface area (Å²) in [5.41, 5.74) is 0. The first-order valence-electron chi connectivity index (χ1n) is 4.08. The summed E-state index contributed by atoms with van der Waals surface area (Å²) in [5, 5.41) is -0.0336. The van der Waals surface area contributed by atoms with E-state index in [-0.39, 0.29) is 11.2 Å². The number of likely N-dealkylation sites (tertiary alicyclic amines) is 1. The number of carbonyl (C=O) groups is 1. The van der Waals surface area contributed by atoms with Gasteiger partial charge >= 0.3 is 0 Å². The lowest BCUT2D eigenvalue weighted by atomic mass is 10.2. The van der Waals surface area contributed by atoms with Crippen LogP contribution >= 0.6 is 12.6 Å². The van der Waals surface area contributed by atoms with Crippen LogP contribution in [0, 0.1) is 5.92 Å². The van der Waals surface area contributed by atoms with Gasteiger partial charge in [0.05, 0.1) is 5.25 Å². The summed E-state index contributed by atoms with van der Waals surface area (Å²) >= 11 is 4.18. The first kappa shape index (κ1) is 8.91. The fourth-order valence-corrected chi connectivity index (χ4v) is 1.62. The Morgan fingerprint density at radius 3 is 2.73 bits per heavy atom. The molecular formula is C8H15NOS. The Morgan fingerprint density at radius 2 is 2.36 bits per heavy atom. The highest BCUT2D eigenvalue weighted by molar-refractivity contribution is 7.81. The molecule has 1 rings (SSSR count). The normalized spacial score (nSPS) is 25.3. The van der Waals surface area contributed by atoms with E-state index >= 15 is 0 Å². The fraction of sp³-hybridized carbons (Fsp3) is 0.875. The number of hydrogen-bond donors (Lipinski definition) is 1. The molecule has 0 aromatic carbocycles. The van der Waals surface area contributed by atoms with Crippen molar-refractivity contribution in [1.82, 2.24) is 4.90 Å². The predicted molar refractivity (Wildman–Crippen MR) is 48.8 cm³/mol. The van der Waals surface area contributed by atoms with Gasteiger partial charge in [0, 0.05) is 13.1 Å². The SMILES string of the molecule is CC(C)CN1CCC(S)C1=O. The van der Waals surface area contributed by atoms with Gasteiger partial charge in [-0.25, -0.2) is 0 Å². The Labute approximate surface area is 73.4 Å². The van der Waals surface area contributed by atoms with Gasteiger partial charge in [-0.15, -0.1) is 0 Å². The zero-order valence-corrected chi connectivity index (χ0v) is 7.97. The third-order valence-corrected chi connectivity index (χ3v) is 2.33. The minimum absolute atomic E-state index is 0.0336. The summed E-state index contributed by atoms with van der Waals surface area (Å²) in [5.74, 6) is 0.777. The van der Waals surface area contributed by atoms with Gasteiger partial charge in [-0.3, -0.25) is 4.79 Å². The molecule has 0 spiro atoms. The van der Waals surface area contributed by atoms with Crippen molar-refractivity contribution < 1.29 is 4.79 Å². The van der Waals surface area contributed by atoms with Gasteiger partial charge in [-0.1, -0.05) is 13.8 Å². The molecule has 1 saturated heterocycles. The van der Waals surface area contributed by atoms with Crippen molar-refractivity contribution >= 4 is 18.5 Å². The van der Waals surface area contributed by atoms with E-state index in [0.717, 1.165) is 19.5 Å². The molecule has 1 aliphatic rings. The van der Waals surface area contributed by atoms with Crippen molar-refractivity contribution in [3.05, 3.63) is 0 Å². The molecule has 0 saturated carbocycles. The monoisotopic (exact) mass is 173 g/mol. The van der Waals surface area contributed by atoms with Crippen LogP contribution in [0.3, 0.4) is 0 Å². The first-order chi connectivity index (χ1) is 5.11. The van der Waals surface area contributed by atoms with Gasteiger partial charge in [-0.05, 0) is 12.3 Å². The van der Waals surface area contributed by atoms with Gasteiger partial charge in [0.2, 0.25) is 5.91 Å². The van der Waals surface area contributed by atoms with Gasteiger partial charge in [0.25, 0.3) is 0 Å². The fourth-order valence-electron chi connectivity index (χ4n) is 1.34. The lowest BCUT2D eigenvalue weighted by Gasteiger charge is -2.17. The van der Waals surface area contributed by atoms with Crippen LogP contribution in [0.5, 0.6) is 0 Å². The van der Waals surface area contributed by atoms with Crippen molar-refractivity contribution in [2.24, 2.45) is 5.92 Å². The van der Waals surface area contributed by atoms with E-state index < -0.39 is 0 Å². The highest BCUT2D eigenvalue weighted by Crippen LogP contribution is 2.16. The topological polar surface area (TPSA) is 20.3 Å². The van der Waals surface area contributed by atoms with Crippen molar-refractivity contribution in [2.45, 2.75) is 25.5 Å². The molecule has 1 aliphatic heterocycles. The van der Waals surface area contributed by atoms with Crippen LogP contribution in [-0.2, 0) is 4.79 Å². The zero-order valence-electron chi connectivity index (χ0n) is 7.08. The van der Waals surface area contributed by atoms with E-state index in [9.17, 15) is 4.79 Å². The second-order valence-corrected chi connectivity index (χ2v) is 4.11. The van der Waals surface area contributed by atoms with E-state index in [1.165, 1.54) is 0 Å². The van der Waals surface area contributed by atoms with Crippen molar-refractivity contribution in [1.29, 1.82) is 0 Å². The van der Waals surface area contributed by atoms with E-state index in [2.05, 4.69) is 26.5 Å². The van der Waals surface area contributed by atoms with Gasteiger partial charge in [0.15, 0.2) is 0 Å². The van der Waals surface area contributed by atoms with Crippen LogP contribution < -0.4 is 0 Å². The van der Waals surface area contributed by atoms with Crippen LogP contribution in [0.1, 0.15) is 20.3 Å². The van der Waals surface area contributed by atoms with Crippen LogP contribution in [0.15, 0.2) is 0 Å². The molecule has 3 heteroatoms. The number of nitrogens with zero attached hydrogens (tertiary/aromatic N) is 1. The van der Waals surface area contributed by atoms with Crippen LogP contribution in [0.2, 0.25) is 0 Å². The summed E-state index contributed by atoms with van der Waals surface area (Å²) in [6.45, 7) is 6.03. The standard InChI is InChI=1S/C8H15NOS/c1-6(2)5-9-4-3-7(11)8(9)10/h6-7,11H,3-5H2,1-2H3. The zero-order chi connectivity index (χ0) is 8.43. The smallest absolute Gasteiger partial charge is 0.235 e. The summed E-state index contributed by atoms with van der Waals surface area (Å²) in [6, 6.07) is 0. The van der Waals surface area contributed by atoms with E-state index in [1.807, 2.05) is 4.90 Å². The van der Waals surface area contributed by atoms with Crippen molar-refractivity contribution in [3.8, 4) is 0 Å². The minimum atomic E-state index is -0.0336. The maximum Gasteiger partial charge on any atom is 0.235 e. The highest BCUT2D eigenvalue weighted by atomic mass is 32.1. The molecule has 0 aromatic rings. The molecule has 2 nitrogen and oxygen atoms in total. The Balaban J connectivity index is 2.42. The third-order valence-electron chi connectivity index (χ3n) is 1.85. The van der Waals surface area contributed by atoms with Gasteiger partial charge < -0.3 is 4.90 Å².